The predicted octanol–water partition coefficient (Wildman–Crippen LogP) is 4.09. The van der Waals surface area contributed by atoms with Gasteiger partial charge in [-0.1, -0.05) is 17.7 Å². The largest absolute Gasteiger partial charge is 0.296 e. The molecule has 0 radical (unpaired) electrons. The Morgan fingerprint density at radius 1 is 1.53 bits per heavy atom. The molecule has 0 saturated carbocycles. The van der Waals surface area contributed by atoms with E-state index in [-0.39, 0.29) is 0 Å². The van der Waals surface area contributed by atoms with Crippen LogP contribution in [0.5, 0.6) is 0 Å². The summed E-state index contributed by atoms with van der Waals surface area (Å²) in [6, 6.07) is 6.91. The molecular formula is C12H15BrClN. The summed E-state index contributed by atoms with van der Waals surface area (Å²) in [4.78, 5) is 2.52. The number of hydrogen-bond acceptors (Lipinski definition) is 1. The Morgan fingerprint density at radius 2 is 2.33 bits per heavy atom. The van der Waals surface area contributed by atoms with E-state index in [0.29, 0.717) is 0 Å². The second kappa shape index (κ2) is 4.86. The fourth-order valence-corrected chi connectivity index (χ4v) is 2.64. The standard InChI is InChI=1S/C12H15BrClN/c1-9-3-2-6-15(9)8-10-4-5-12(14)11(13)7-10/h4-5,7,9H,2-3,6,8H2,1H3/t9-/m0/s1. The summed E-state index contributed by atoms with van der Waals surface area (Å²) in [6.07, 6.45) is 2.66. The highest BCUT2D eigenvalue weighted by Crippen LogP contribution is 2.25. The smallest absolute Gasteiger partial charge is 0.0548 e. The van der Waals surface area contributed by atoms with Crippen molar-refractivity contribution in [3.05, 3.63) is 33.3 Å². The van der Waals surface area contributed by atoms with Gasteiger partial charge in [-0.05, 0) is 59.9 Å². The Balaban J connectivity index is 2.07. The lowest BCUT2D eigenvalue weighted by atomic mass is 10.2. The van der Waals surface area contributed by atoms with Crippen LogP contribution in [-0.4, -0.2) is 17.5 Å². The average molecular weight is 289 g/mol. The predicted molar refractivity (Wildman–Crippen MR) is 68.3 cm³/mol. The Bertz CT molecular complexity index is 353. The van der Waals surface area contributed by atoms with Gasteiger partial charge < -0.3 is 0 Å². The van der Waals surface area contributed by atoms with E-state index in [1.807, 2.05) is 6.07 Å². The van der Waals surface area contributed by atoms with Gasteiger partial charge >= 0.3 is 0 Å². The molecule has 3 heteroatoms. The number of nitrogens with zero attached hydrogens (tertiary/aromatic N) is 1. The molecule has 0 bridgehead atoms. The molecule has 1 aromatic rings. The van der Waals surface area contributed by atoms with Crippen LogP contribution in [0.15, 0.2) is 22.7 Å². The fraction of sp³-hybridized carbons (Fsp3) is 0.500. The molecule has 1 atom stereocenters. The van der Waals surface area contributed by atoms with E-state index in [0.717, 1.165) is 22.1 Å². The maximum Gasteiger partial charge on any atom is 0.0548 e. The maximum atomic E-state index is 5.97. The van der Waals surface area contributed by atoms with Crippen molar-refractivity contribution in [1.82, 2.24) is 4.90 Å². The van der Waals surface area contributed by atoms with Gasteiger partial charge in [-0.2, -0.15) is 0 Å². The Kier molecular flexibility index (Phi) is 3.70. The Morgan fingerprint density at radius 3 is 2.93 bits per heavy atom. The van der Waals surface area contributed by atoms with Crippen LogP contribution in [-0.2, 0) is 6.54 Å². The normalized spacial score (nSPS) is 22.2. The number of rotatable bonds is 2. The second-order valence-corrected chi connectivity index (χ2v) is 5.47. The van der Waals surface area contributed by atoms with Crippen molar-refractivity contribution in [2.24, 2.45) is 0 Å². The summed E-state index contributed by atoms with van der Waals surface area (Å²) in [5.74, 6) is 0. The molecule has 1 aliphatic rings. The van der Waals surface area contributed by atoms with Gasteiger partial charge in [0.05, 0.1) is 5.02 Å². The molecule has 0 aliphatic carbocycles. The minimum atomic E-state index is 0.722. The molecule has 0 aromatic heterocycles. The van der Waals surface area contributed by atoms with Crippen LogP contribution in [0.2, 0.25) is 5.02 Å². The van der Waals surface area contributed by atoms with Crippen LogP contribution in [0.1, 0.15) is 25.3 Å². The highest BCUT2D eigenvalue weighted by molar-refractivity contribution is 9.10. The molecule has 1 saturated heterocycles. The van der Waals surface area contributed by atoms with E-state index in [9.17, 15) is 0 Å². The van der Waals surface area contributed by atoms with Crippen LogP contribution >= 0.6 is 27.5 Å². The zero-order valence-electron chi connectivity index (χ0n) is 8.84. The van der Waals surface area contributed by atoms with Gasteiger partial charge in [0.15, 0.2) is 0 Å². The average Bonchev–Trinajstić information content (AvgIpc) is 2.59. The van der Waals surface area contributed by atoms with Gasteiger partial charge in [0, 0.05) is 17.1 Å². The first-order valence-electron chi connectivity index (χ1n) is 5.35. The first kappa shape index (κ1) is 11.4. The van der Waals surface area contributed by atoms with E-state index < -0.39 is 0 Å². The van der Waals surface area contributed by atoms with Crippen molar-refractivity contribution in [2.45, 2.75) is 32.4 Å². The van der Waals surface area contributed by atoms with E-state index in [1.165, 1.54) is 24.9 Å². The van der Waals surface area contributed by atoms with Crippen molar-refractivity contribution < 1.29 is 0 Å². The summed E-state index contributed by atoms with van der Waals surface area (Å²) in [7, 11) is 0. The molecule has 1 nitrogen and oxygen atoms in total. The number of likely N-dealkylation sites (tertiary alicyclic amines) is 1. The molecule has 1 aliphatic heterocycles. The molecule has 0 spiro atoms. The molecule has 0 unspecified atom stereocenters. The van der Waals surface area contributed by atoms with Gasteiger partial charge in [0.25, 0.3) is 0 Å². The maximum absolute atomic E-state index is 5.97. The van der Waals surface area contributed by atoms with Crippen LogP contribution in [0.4, 0.5) is 0 Å². The monoisotopic (exact) mass is 287 g/mol. The second-order valence-electron chi connectivity index (χ2n) is 4.21. The van der Waals surface area contributed by atoms with Crippen molar-refractivity contribution in [1.29, 1.82) is 0 Å². The minimum absolute atomic E-state index is 0.722. The molecule has 0 amide bonds. The highest BCUT2D eigenvalue weighted by atomic mass is 79.9. The summed E-state index contributed by atoms with van der Waals surface area (Å²) in [5.41, 5.74) is 1.33. The van der Waals surface area contributed by atoms with Crippen molar-refractivity contribution >= 4 is 27.5 Å². The van der Waals surface area contributed by atoms with Crippen LogP contribution < -0.4 is 0 Å². The molecule has 1 aromatic carbocycles. The van der Waals surface area contributed by atoms with E-state index >= 15 is 0 Å². The molecule has 0 N–H and O–H groups in total. The number of hydrogen-bond donors (Lipinski definition) is 0. The number of halogens is 2. The lowest BCUT2D eigenvalue weighted by Gasteiger charge is -2.21. The summed E-state index contributed by atoms with van der Waals surface area (Å²) >= 11 is 9.43. The first-order chi connectivity index (χ1) is 7.16. The summed E-state index contributed by atoms with van der Waals surface area (Å²) < 4.78 is 0.994. The topological polar surface area (TPSA) is 3.24 Å². The van der Waals surface area contributed by atoms with E-state index in [4.69, 9.17) is 11.6 Å². The van der Waals surface area contributed by atoms with Crippen LogP contribution in [0, 0.1) is 0 Å². The third-order valence-corrected chi connectivity index (χ3v) is 4.27. The van der Waals surface area contributed by atoms with Gasteiger partial charge in [-0.3, -0.25) is 4.90 Å². The fourth-order valence-electron chi connectivity index (χ4n) is 2.10. The van der Waals surface area contributed by atoms with Crippen molar-refractivity contribution in [3.63, 3.8) is 0 Å². The van der Waals surface area contributed by atoms with Crippen molar-refractivity contribution in [3.8, 4) is 0 Å². The quantitative estimate of drug-likeness (QED) is 0.792. The van der Waals surface area contributed by atoms with Gasteiger partial charge in [0.1, 0.15) is 0 Å². The van der Waals surface area contributed by atoms with Gasteiger partial charge in [0.2, 0.25) is 0 Å². The first-order valence-corrected chi connectivity index (χ1v) is 6.52. The summed E-state index contributed by atoms with van der Waals surface area (Å²) in [6.45, 7) is 4.57. The molecule has 1 fully saturated rings. The van der Waals surface area contributed by atoms with E-state index in [2.05, 4.69) is 39.9 Å². The highest BCUT2D eigenvalue weighted by Gasteiger charge is 2.19. The van der Waals surface area contributed by atoms with Gasteiger partial charge in [-0.15, -0.1) is 0 Å². The van der Waals surface area contributed by atoms with E-state index in [1.54, 1.807) is 0 Å². The lowest BCUT2D eigenvalue weighted by Crippen LogP contribution is -2.26. The van der Waals surface area contributed by atoms with Crippen LogP contribution in [0.3, 0.4) is 0 Å². The SMILES string of the molecule is C[C@H]1CCCN1Cc1ccc(Cl)c(Br)c1. The molecule has 1 heterocycles. The zero-order chi connectivity index (χ0) is 10.8. The van der Waals surface area contributed by atoms with Crippen LogP contribution in [0.25, 0.3) is 0 Å². The lowest BCUT2D eigenvalue weighted by molar-refractivity contribution is 0.260. The van der Waals surface area contributed by atoms with Gasteiger partial charge in [-0.25, -0.2) is 0 Å². The number of benzene rings is 1. The zero-order valence-corrected chi connectivity index (χ0v) is 11.2. The molecule has 2 rings (SSSR count). The Hall–Kier alpha value is -0.0500. The third-order valence-electron chi connectivity index (χ3n) is 3.06. The Labute approximate surface area is 105 Å². The minimum Gasteiger partial charge on any atom is -0.296 e. The summed E-state index contributed by atoms with van der Waals surface area (Å²) in [5, 5.41) is 0.785. The van der Waals surface area contributed by atoms with Crippen molar-refractivity contribution in [2.75, 3.05) is 6.54 Å². The molecule has 82 valence electrons. The third kappa shape index (κ3) is 2.74. The molecule has 15 heavy (non-hydrogen) atoms. The molecular weight excluding hydrogens is 273 g/mol.